The summed E-state index contributed by atoms with van der Waals surface area (Å²) in [5, 5.41) is 4.06. The molecule has 0 amide bonds. The molecule has 0 spiro atoms. The van der Waals surface area contributed by atoms with Gasteiger partial charge in [0.05, 0.1) is 5.69 Å². The molecule has 1 fully saturated rings. The second-order valence-electron chi connectivity index (χ2n) is 6.16. The minimum atomic E-state index is 0.335. The highest BCUT2D eigenvalue weighted by Crippen LogP contribution is 2.37. The molecule has 0 radical (unpaired) electrons. The van der Waals surface area contributed by atoms with Gasteiger partial charge in [0, 0.05) is 42.5 Å². The Kier molecular flexibility index (Phi) is 3.90. The smallest absolute Gasteiger partial charge is 0.298 e. The summed E-state index contributed by atoms with van der Waals surface area (Å²) in [6.07, 6.45) is 1.77. The summed E-state index contributed by atoms with van der Waals surface area (Å²) < 4.78 is 6.19. The fraction of sp³-hybridized carbons (Fsp3) is 0.333. The van der Waals surface area contributed by atoms with Crippen LogP contribution in [-0.4, -0.2) is 35.6 Å². The zero-order valence-electron chi connectivity index (χ0n) is 13.7. The standard InChI is InChI=1S/C18H19ClN4O/c1-11-10-20-7-8-23(11)18-22-15-9-13(19)12(2)16(17(15)24-18)14-5-3-4-6-21-14/h3-6,9,11,20H,7-8,10H2,1-2H3. The molecule has 0 bridgehead atoms. The molecule has 1 atom stereocenters. The number of rotatable bonds is 2. The molecule has 1 saturated heterocycles. The van der Waals surface area contributed by atoms with Gasteiger partial charge in [-0.2, -0.15) is 4.98 Å². The Morgan fingerprint density at radius 1 is 1.38 bits per heavy atom. The Bertz CT molecular complexity index is 878. The first-order valence-electron chi connectivity index (χ1n) is 8.13. The highest BCUT2D eigenvalue weighted by atomic mass is 35.5. The van der Waals surface area contributed by atoms with Crippen LogP contribution in [0.25, 0.3) is 22.4 Å². The molecule has 1 N–H and O–H groups in total. The van der Waals surface area contributed by atoms with E-state index < -0.39 is 0 Å². The van der Waals surface area contributed by atoms with Crippen molar-refractivity contribution >= 4 is 28.7 Å². The Hall–Kier alpha value is -2.11. The highest BCUT2D eigenvalue weighted by Gasteiger charge is 2.25. The van der Waals surface area contributed by atoms with Crippen molar-refractivity contribution in [1.82, 2.24) is 15.3 Å². The molecule has 6 heteroatoms. The van der Waals surface area contributed by atoms with E-state index in [1.54, 1.807) is 6.20 Å². The van der Waals surface area contributed by atoms with Gasteiger partial charge < -0.3 is 14.6 Å². The van der Waals surface area contributed by atoms with Crippen LogP contribution >= 0.6 is 11.6 Å². The van der Waals surface area contributed by atoms with Crippen LogP contribution < -0.4 is 10.2 Å². The van der Waals surface area contributed by atoms with Gasteiger partial charge in [-0.1, -0.05) is 17.7 Å². The maximum atomic E-state index is 6.43. The zero-order valence-corrected chi connectivity index (χ0v) is 14.5. The van der Waals surface area contributed by atoms with E-state index in [2.05, 4.69) is 22.1 Å². The lowest BCUT2D eigenvalue weighted by molar-refractivity contribution is 0.456. The van der Waals surface area contributed by atoms with Crippen molar-refractivity contribution in [1.29, 1.82) is 0 Å². The SMILES string of the molecule is Cc1c(Cl)cc2nc(N3CCNCC3C)oc2c1-c1ccccn1. The van der Waals surface area contributed by atoms with Gasteiger partial charge in [-0.05, 0) is 37.6 Å². The second kappa shape index (κ2) is 6.07. The van der Waals surface area contributed by atoms with E-state index in [1.807, 2.05) is 31.2 Å². The number of nitrogens with one attached hydrogen (secondary N) is 1. The molecule has 3 heterocycles. The van der Waals surface area contributed by atoms with Gasteiger partial charge in [0.15, 0.2) is 5.58 Å². The number of anilines is 1. The Morgan fingerprint density at radius 3 is 3.00 bits per heavy atom. The predicted molar refractivity (Wildman–Crippen MR) is 96.7 cm³/mol. The molecular formula is C18H19ClN4O. The summed E-state index contributed by atoms with van der Waals surface area (Å²) in [6, 6.07) is 8.69. The molecule has 24 heavy (non-hydrogen) atoms. The van der Waals surface area contributed by atoms with E-state index in [9.17, 15) is 0 Å². The fourth-order valence-corrected chi connectivity index (χ4v) is 3.38. The van der Waals surface area contributed by atoms with Crippen LogP contribution in [0, 0.1) is 6.92 Å². The third-order valence-corrected chi connectivity index (χ3v) is 4.93. The summed E-state index contributed by atoms with van der Waals surface area (Å²) in [7, 11) is 0. The van der Waals surface area contributed by atoms with Gasteiger partial charge in [-0.25, -0.2) is 0 Å². The van der Waals surface area contributed by atoms with Crippen molar-refractivity contribution in [2.45, 2.75) is 19.9 Å². The van der Waals surface area contributed by atoms with Crippen molar-refractivity contribution in [3.8, 4) is 11.3 Å². The van der Waals surface area contributed by atoms with Crippen LogP contribution in [0.3, 0.4) is 0 Å². The lowest BCUT2D eigenvalue weighted by atomic mass is 10.0. The van der Waals surface area contributed by atoms with Crippen molar-refractivity contribution in [3.05, 3.63) is 41.0 Å². The normalized spacial score (nSPS) is 18.3. The van der Waals surface area contributed by atoms with Crippen molar-refractivity contribution in [2.75, 3.05) is 24.5 Å². The third-order valence-electron chi connectivity index (χ3n) is 4.53. The van der Waals surface area contributed by atoms with Crippen LogP contribution in [0.4, 0.5) is 6.01 Å². The van der Waals surface area contributed by atoms with Crippen LogP contribution in [0.2, 0.25) is 5.02 Å². The van der Waals surface area contributed by atoms with E-state index in [1.165, 1.54) is 0 Å². The monoisotopic (exact) mass is 342 g/mol. The first-order valence-corrected chi connectivity index (χ1v) is 8.51. The molecule has 0 saturated carbocycles. The highest BCUT2D eigenvalue weighted by molar-refractivity contribution is 6.32. The molecule has 5 nitrogen and oxygen atoms in total. The third kappa shape index (κ3) is 2.54. The van der Waals surface area contributed by atoms with E-state index >= 15 is 0 Å². The topological polar surface area (TPSA) is 54.2 Å². The van der Waals surface area contributed by atoms with Crippen LogP contribution in [0.5, 0.6) is 0 Å². The van der Waals surface area contributed by atoms with Crippen molar-refractivity contribution in [3.63, 3.8) is 0 Å². The molecule has 1 aliphatic rings. The number of hydrogen-bond acceptors (Lipinski definition) is 5. The molecule has 3 aromatic rings. The zero-order chi connectivity index (χ0) is 16.7. The van der Waals surface area contributed by atoms with Gasteiger partial charge in [0.2, 0.25) is 0 Å². The molecule has 4 rings (SSSR count). The summed E-state index contributed by atoms with van der Waals surface area (Å²) >= 11 is 6.43. The van der Waals surface area contributed by atoms with Crippen molar-refractivity contribution in [2.24, 2.45) is 0 Å². The number of hydrogen-bond donors (Lipinski definition) is 1. The molecule has 1 aromatic carbocycles. The summed E-state index contributed by atoms with van der Waals surface area (Å²) in [5.74, 6) is 0. The number of halogens is 1. The number of benzene rings is 1. The van der Waals surface area contributed by atoms with Gasteiger partial charge in [0.1, 0.15) is 5.52 Å². The second-order valence-corrected chi connectivity index (χ2v) is 6.57. The average molecular weight is 343 g/mol. The molecule has 2 aromatic heterocycles. The van der Waals surface area contributed by atoms with Crippen LogP contribution in [0.15, 0.2) is 34.9 Å². The minimum absolute atomic E-state index is 0.335. The first kappa shape index (κ1) is 15.4. The molecule has 124 valence electrons. The van der Waals surface area contributed by atoms with E-state index in [-0.39, 0.29) is 0 Å². The van der Waals surface area contributed by atoms with Gasteiger partial charge in [0.25, 0.3) is 6.01 Å². The predicted octanol–water partition coefficient (Wildman–Crippen LogP) is 3.65. The summed E-state index contributed by atoms with van der Waals surface area (Å²) in [6.45, 7) is 6.88. The molecule has 1 unspecified atom stereocenters. The molecular weight excluding hydrogens is 324 g/mol. The Morgan fingerprint density at radius 2 is 2.25 bits per heavy atom. The van der Waals surface area contributed by atoms with Gasteiger partial charge in [-0.15, -0.1) is 0 Å². The first-order chi connectivity index (χ1) is 11.6. The lowest BCUT2D eigenvalue weighted by Gasteiger charge is -2.32. The Labute approximate surface area is 145 Å². The number of oxazole rings is 1. The maximum Gasteiger partial charge on any atom is 0.298 e. The van der Waals surface area contributed by atoms with E-state index in [4.69, 9.17) is 21.0 Å². The Balaban J connectivity index is 1.90. The number of fused-ring (bicyclic) bond motifs is 1. The number of pyridine rings is 1. The van der Waals surface area contributed by atoms with Gasteiger partial charge in [-0.3, -0.25) is 4.98 Å². The van der Waals surface area contributed by atoms with Gasteiger partial charge >= 0.3 is 0 Å². The summed E-state index contributed by atoms with van der Waals surface area (Å²) in [4.78, 5) is 11.4. The van der Waals surface area contributed by atoms with E-state index in [0.29, 0.717) is 17.1 Å². The average Bonchev–Trinajstić information content (AvgIpc) is 3.00. The van der Waals surface area contributed by atoms with Crippen LogP contribution in [-0.2, 0) is 0 Å². The summed E-state index contributed by atoms with van der Waals surface area (Å²) in [5.41, 5.74) is 4.24. The molecule has 0 aliphatic carbocycles. The number of piperazine rings is 1. The lowest BCUT2D eigenvalue weighted by Crippen LogP contribution is -2.50. The molecule has 1 aliphatic heterocycles. The minimum Gasteiger partial charge on any atom is -0.423 e. The number of nitrogens with zero attached hydrogens (tertiary/aromatic N) is 3. The maximum absolute atomic E-state index is 6.43. The number of aromatic nitrogens is 2. The van der Waals surface area contributed by atoms with E-state index in [0.717, 1.165) is 47.6 Å². The fourth-order valence-electron chi connectivity index (χ4n) is 3.18. The largest absolute Gasteiger partial charge is 0.423 e. The quantitative estimate of drug-likeness (QED) is 0.770. The van der Waals surface area contributed by atoms with Crippen LogP contribution in [0.1, 0.15) is 12.5 Å². The van der Waals surface area contributed by atoms with Crippen molar-refractivity contribution < 1.29 is 4.42 Å².